The Kier molecular flexibility index (Phi) is 6.46. The van der Waals surface area contributed by atoms with E-state index in [1.165, 1.54) is 0 Å². The second kappa shape index (κ2) is 7.61. The average Bonchev–Trinajstić information content (AvgIpc) is 2.29. The van der Waals surface area contributed by atoms with E-state index in [-0.39, 0.29) is 12.2 Å². The minimum Gasteiger partial charge on any atom is -0.487 e. The lowest BCUT2D eigenvalue weighted by molar-refractivity contribution is 0.198. The topological polar surface area (TPSA) is 44.5 Å². The minimum absolute atomic E-state index is 0.0838. The molecule has 4 heteroatoms. The van der Waals surface area contributed by atoms with Crippen molar-refractivity contribution in [1.82, 2.24) is 0 Å². The molecule has 2 N–H and O–H groups in total. The van der Waals surface area contributed by atoms with Crippen molar-refractivity contribution in [3.8, 4) is 11.5 Å². The zero-order valence-electron chi connectivity index (χ0n) is 12.2. The third kappa shape index (κ3) is 5.29. The molecular weight excluding hydrogens is 262 g/mol. The van der Waals surface area contributed by atoms with Gasteiger partial charge in [-0.3, -0.25) is 0 Å². The van der Waals surface area contributed by atoms with Crippen LogP contribution in [0.15, 0.2) is 12.1 Å². The third-order valence-corrected chi connectivity index (χ3v) is 2.84. The number of ether oxygens (including phenoxy) is 2. The maximum absolute atomic E-state index is 6.28. The van der Waals surface area contributed by atoms with Crippen LogP contribution >= 0.6 is 11.6 Å². The molecule has 108 valence electrons. The van der Waals surface area contributed by atoms with Crippen LogP contribution in [0.1, 0.15) is 39.7 Å². The Bertz CT molecular complexity index is 405. The summed E-state index contributed by atoms with van der Waals surface area (Å²) < 4.78 is 11.6. The fraction of sp³-hybridized carbons (Fsp3) is 0.600. The van der Waals surface area contributed by atoms with E-state index < -0.39 is 0 Å². The van der Waals surface area contributed by atoms with Gasteiger partial charge in [-0.15, -0.1) is 0 Å². The van der Waals surface area contributed by atoms with Crippen LogP contribution in [0.5, 0.6) is 11.5 Å². The molecule has 0 heterocycles. The van der Waals surface area contributed by atoms with E-state index in [1.54, 1.807) is 0 Å². The number of benzene rings is 1. The first-order valence-corrected chi connectivity index (χ1v) is 7.17. The zero-order valence-corrected chi connectivity index (χ0v) is 13.0. The van der Waals surface area contributed by atoms with Gasteiger partial charge in [0.25, 0.3) is 0 Å². The quantitative estimate of drug-likeness (QED) is 0.828. The summed E-state index contributed by atoms with van der Waals surface area (Å²) in [5, 5.41) is 0.709. The van der Waals surface area contributed by atoms with Crippen LogP contribution in [0.4, 0.5) is 0 Å². The highest BCUT2D eigenvalue weighted by Gasteiger charge is 2.13. The lowest BCUT2D eigenvalue weighted by Gasteiger charge is -2.19. The van der Waals surface area contributed by atoms with Gasteiger partial charge in [0.15, 0.2) is 11.5 Å². The summed E-state index contributed by atoms with van der Waals surface area (Å²) in [4.78, 5) is 0. The van der Waals surface area contributed by atoms with Crippen molar-refractivity contribution < 1.29 is 9.47 Å². The van der Waals surface area contributed by atoms with Gasteiger partial charge >= 0.3 is 0 Å². The average molecular weight is 286 g/mol. The van der Waals surface area contributed by atoms with E-state index >= 15 is 0 Å². The Morgan fingerprint density at radius 2 is 1.58 bits per heavy atom. The van der Waals surface area contributed by atoms with Crippen LogP contribution in [-0.4, -0.2) is 18.8 Å². The van der Waals surface area contributed by atoms with Crippen LogP contribution in [0, 0.1) is 0 Å². The molecule has 0 amide bonds. The molecule has 1 aromatic rings. The maximum atomic E-state index is 6.28. The minimum atomic E-state index is 0.0838. The molecule has 1 aromatic carbocycles. The molecule has 1 rings (SSSR count). The van der Waals surface area contributed by atoms with Gasteiger partial charge in [0, 0.05) is 11.1 Å². The van der Waals surface area contributed by atoms with Crippen LogP contribution in [0.3, 0.4) is 0 Å². The van der Waals surface area contributed by atoms with Crippen molar-refractivity contribution >= 4 is 11.6 Å². The van der Waals surface area contributed by atoms with Crippen molar-refractivity contribution in [1.29, 1.82) is 0 Å². The van der Waals surface area contributed by atoms with Gasteiger partial charge in [0.1, 0.15) is 0 Å². The molecule has 19 heavy (non-hydrogen) atoms. The van der Waals surface area contributed by atoms with Crippen molar-refractivity contribution in [3.05, 3.63) is 22.7 Å². The Hall–Kier alpha value is -0.930. The summed E-state index contributed by atoms with van der Waals surface area (Å²) in [6.07, 6.45) is 1.94. The predicted octanol–water partition coefficient (Wildman–Crippen LogP) is 3.81. The summed E-state index contributed by atoms with van der Waals surface area (Å²) >= 11 is 6.28. The Labute approximate surface area is 121 Å². The van der Waals surface area contributed by atoms with Crippen LogP contribution in [0.2, 0.25) is 5.02 Å². The molecule has 0 spiro atoms. The van der Waals surface area contributed by atoms with E-state index in [0.717, 1.165) is 24.2 Å². The van der Waals surface area contributed by atoms with Crippen LogP contribution in [0.25, 0.3) is 0 Å². The highest BCUT2D eigenvalue weighted by molar-refractivity contribution is 6.31. The summed E-state index contributed by atoms with van der Waals surface area (Å²) in [7, 11) is 0. The SMILES string of the molecule is CC(C)Oc1cc(Cl)c(CCCN)cc1OC(C)C. The normalized spacial score (nSPS) is 11.2. The largest absolute Gasteiger partial charge is 0.487 e. The van der Waals surface area contributed by atoms with Crippen molar-refractivity contribution in [2.45, 2.75) is 52.7 Å². The molecule has 0 aliphatic rings. The van der Waals surface area contributed by atoms with Gasteiger partial charge in [-0.1, -0.05) is 11.6 Å². The Morgan fingerprint density at radius 1 is 1.05 bits per heavy atom. The second-order valence-corrected chi connectivity index (χ2v) is 5.52. The molecule has 0 aromatic heterocycles. The first-order valence-electron chi connectivity index (χ1n) is 6.79. The van der Waals surface area contributed by atoms with Crippen LogP contribution in [-0.2, 0) is 6.42 Å². The standard InChI is InChI=1S/C15H24ClNO2/c1-10(2)18-14-8-12(6-5-7-17)13(16)9-15(14)19-11(3)4/h8-11H,5-7,17H2,1-4H3. The predicted molar refractivity (Wildman–Crippen MR) is 80.4 cm³/mol. The number of halogens is 1. The third-order valence-electron chi connectivity index (χ3n) is 2.49. The van der Waals surface area contributed by atoms with E-state index in [4.69, 9.17) is 26.8 Å². The molecule has 0 fully saturated rings. The van der Waals surface area contributed by atoms with Gasteiger partial charge in [-0.05, 0) is 58.7 Å². The molecule has 3 nitrogen and oxygen atoms in total. The summed E-state index contributed by atoms with van der Waals surface area (Å²) in [5.41, 5.74) is 6.60. The second-order valence-electron chi connectivity index (χ2n) is 5.12. The van der Waals surface area contributed by atoms with Gasteiger partial charge in [-0.2, -0.15) is 0 Å². The number of hydrogen-bond acceptors (Lipinski definition) is 3. The van der Waals surface area contributed by atoms with Gasteiger partial charge in [0.05, 0.1) is 12.2 Å². The fourth-order valence-electron chi connectivity index (χ4n) is 1.75. The van der Waals surface area contributed by atoms with E-state index in [9.17, 15) is 0 Å². The first kappa shape index (κ1) is 16.1. The maximum Gasteiger partial charge on any atom is 0.163 e. The van der Waals surface area contributed by atoms with Gasteiger partial charge in [-0.25, -0.2) is 0 Å². The van der Waals surface area contributed by atoms with Crippen molar-refractivity contribution in [2.24, 2.45) is 5.73 Å². The van der Waals surface area contributed by atoms with Crippen molar-refractivity contribution in [2.75, 3.05) is 6.54 Å². The molecule has 0 saturated heterocycles. The zero-order chi connectivity index (χ0) is 14.4. The highest BCUT2D eigenvalue weighted by atomic mass is 35.5. The fourth-order valence-corrected chi connectivity index (χ4v) is 2.00. The number of nitrogens with two attached hydrogens (primary N) is 1. The summed E-state index contributed by atoms with van der Waals surface area (Å²) in [6.45, 7) is 8.60. The molecule has 0 bridgehead atoms. The summed E-state index contributed by atoms with van der Waals surface area (Å²) in [6, 6.07) is 3.81. The van der Waals surface area contributed by atoms with Gasteiger partial charge in [0.2, 0.25) is 0 Å². The Balaban J connectivity index is 3.05. The number of rotatable bonds is 7. The summed E-state index contributed by atoms with van der Waals surface area (Å²) in [5.74, 6) is 1.45. The lowest BCUT2D eigenvalue weighted by atomic mass is 10.1. The van der Waals surface area contributed by atoms with Crippen molar-refractivity contribution in [3.63, 3.8) is 0 Å². The lowest BCUT2D eigenvalue weighted by Crippen LogP contribution is -2.11. The number of hydrogen-bond donors (Lipinski definition) is 1. The van der Waals surface area contributed by atoms with Gasteiger partial charge < -0.3 is 15.2 Å². The molecule has 0 atom stereocenters. The van der Waals surface area contributed by atoms with Crippen LogP contribution < -0.4 is 15.2 Å². The van der Waals surface area contributed by atoms with E-state index in [1.807, 2.05) is 39.8 Å². The smallest absolute Gasteiger partial charge is 0.163 e. The monoisotopic (exact) mass is 285 g/mol. The van der Waals surface area contributed by atoms with E-state index in [2.05, 4.69) is 0 Å². The highest BCUT2D eigenvalue weighted by Crippen LogP contribution is 2.35. The van der Waals surface area contributed by atoms with E-state index in [0.29, 0.717) is 17.3 Å². The molecule has 0 saturated carbocycles. The molecule has 0 radical (unpaired) electrons. The molecular formula is C15H24ClNO2. The first-order chi connectivity index (χ1) is 8.93. The number of aryl methyl sites for hydroxylation is 1. The molecule has 0 aliphatic heterocycles. The molecule has 0 aliphatic carbocycles. The Morgan fingerprint density at radius 3 is 2.05 bits per heavy atom. The molecule has 0 unspecified atom stereocenters.